The fraction of sp³-hybridized carbons (Fsp3) is 0.909. The Hall–Kier alpha value is -0.770. The monoisotopic (exact) mass is 213 g/mol. The number of carbonyl (C=O) groups excluding carboxylic acids is 1. The third-order valence-corrected chi connectivity index (χ3v) is 2.41. The first-order valence-electron chi connectivity index (χ1n) is 5.72. The van der Waals surface area contributed by atoms with E-state index in [2.05, 4.69) is 36.7 Å². The highest BCUT2D eigenvalue weighted by molar-refractivity contribution is 5.74. The van der Waals surface area contributed by atoms with Crippen molar-refractivity contribution in [1.29, 1.82) is 0 Å². The molecular formula is C11H23N3O. The zero-order valence-electron chi connectivity index (χ0n) is 10.0. The van der Waals surface area contributed by atoms with E-state index in [9.17, 15) is 4.79 Å². The molecule has 1 aliphatic rings. The maximum atomic E-state index is 11.5. The van der Waals surface area contributed by atoms with Crippen molar-refractivity contribution in [2.75, 3.05) is 19.6 Å². The van der Waals surface area contributed by atoms with Crippen LogP contribution in [0.15, 0.2) is 0 Å². The summed E-state index contributed by atoms with van der Waals surface area (Å²) in [6.07, 6.45) is 2.22. The minimum atomic E-state index is -0.0429. The molecule has 4 heteroatoms. The Balaban J connectivity index is 2.17. The van der Waals surface area contributed by atoms with Gasteiger partial charge in [-0.05, 0) is 24.8 Å². The average Bonchev–Trinajstić information content (AvgIpc) is 2.15. The lowest BCUT2D eigenvalue weighted by Gasteiger charge is -2.25. The lowest BCUT2D eigenvalue weighted by Crippen LogP contribution is -2.50. The van der Waals surface area contributed by atoms with E-state index in [1.54, 1.807) is 0 Å². The number of piperidine rings is 1. The normalized spacial score (nSPS) is 22.2. The van der Waals surface area contributed by atoms with Crippen LogP contribution in [0.1, 0.15) is 33.6 Å². The third kappa shape index (κ3) is 5.62. The van der Waals surface area contributed by atoms with Gasteiger partial charge in [0.25, 0.3) is 0 Å². The van der Waals surface area contributed by atoms with Crippen molar-refractivity contribution in [1.82, 2.24) is 16.0 Å². The maximum Gasteiger partial charge on any atom is 0.315 e. The van der Waals surface area contributed by atoms with E-state index in [1.807, 2.05) is 0 Å². The van der Waals surface area contributed by atoms with Crippen LogP contribution in [0.25, 0.3) is 0 Å². The molecule has 1 aliphatic heterocycles. The molecule has 1 saturated heterocycles. The van der Waals surface area contributed by atoms with Gasteiger partial charge in [0.1, 0.15) is 0 Å². The Morgan fingerprint density at radius 1 is 1.47 bits per heavy atom. The van der Waals surface area contributed by atoms with Crippen molar-refractivity contribution in [2.24, 2.45) is 5.41 Å². The summed E-state index contributed by atoms with van der Waals surface area (Å²) in [4.78, 5) is 11.5. The van der Waals surface area contributed by atoms with Crippen LogP contribution in [0.4, 0.5) is 4.79 Å². The molecule has 3 N–H and O–H groups in total. The van der Waals surface area contributed by atoms with Gasteiger partial charge in [0.2, 0.25) is 0 Å². The Kier molecular flexibility index (Phi) is 4.39. The van der Waals surface area contributed by atoms with E-state index in [-0.39, 0.29) is 11.4 Å². The molecule has 1 fully saturated rings. The molecular weight excluding hydrogens is 190 g/mol. The summed E-state index contributed by atoms with van der Waals surface area (Å²) in [6, 6.07) is 0.248. The molecule has 1 atom stereocenters. The van der Waals surface area contributed by atoms with Gasteiger partial charge >= 0.3 is 6.03 Å². The smallest absolute Gasteiger partial charge is 0.315 e. The van der Waals surface area contributed by atoms with Gasteiger partial charge in [0.15, 0.2) is 0 Å². The van der Waals surface area contributed by atoms with E-state index < -0.39 is 0 Å². The maximum absolute atomic E-state index is 11.5. The topological polar surface area (TPSA) is 53.2 Å². The van der Waals surface area contributed by atoms with E-state index in [1.165, 1.54) is 0 Å². The van der Waals surface area contributed by atoms with Crippen LogP contribution >= 0.6 is 0 Å². The van der Waals surface area contributed by atoms with Gasteiger partial charge in [0, 0.05) is 19.1 Å². The molecule has 0 radical (unpaired) electrons. The van der Waals surface area contributed by atoms with Gasteiger partial charge in [-0.3, -0.25) is 0 Å². The van der Waals surface area contributed by atoms with E-state index in [0.29, 0.717) is 12.6 Å². The van der Waals surface area contributed by atoms with Crippen molar-refractivity contribution >= 4 is 6.03 Å². The molecule has 0 aromatic rings. The Morgan fingerprint density at radius 2 is 2.20 bits per heavy atom. The van der Waals surface area contributed by atoms with Crippen molar-refractivity contribution in [3.05, 3.63) is 0 Å². The largest absolute Gasteiger partial charge is 0.338 e. The molecule has 15 heavy (non-hydrogen) atoms. The summed E-state index contributed by atoms with van der Waals surface area (Å²) in [6.45, 7) is 8.99. The Bertz CT molecular complexity index is 204. The molecule has 0 aromatic carbocycles. The second-order valence-electron chi connectivity index (χ2n) is 5.43. The molecule has 1 heterocycles. The van der Waals surface area contributed by atoms with E-state index >= 15 is 0 Å². The van der Waals surface area contributed by atoms with E-state index in [0.717, 1.165) is 25.9 Å². The van der Waals surface area contributed by atoms with Crippen LogP contribution < -0.4 is 16.0 Å². The van der Waals surface area contributed by atoms with Crippen LogP contribution in [0.3, 0.4) is 0 Å². The Labute approximate surface area is 92.2 Å². The van der Waals surface area contributed by atoms with Crippen molar-refractivity contribution in [3.63, 3.8) is 0 Å². The van der Waals surface area contributed by atoms with Crippen molar-refractivity contribution < 1.29 is 4.79 Å². The van der Waals surface area contributed by atoms with Crippen molar-refractivity contribution in [2.45, 2.75) is 39.7 Å². The molecule has 0 spiro atoms. The lowest BCUT2D eigenvalue weighted by atomic mass is 9.97. The molecule has 1 rings (SSSR count). The molecule has 88 valence electrons. The minimum Gasteiger partial charge on any atom is -0.338 e. The first-order valence-corrected chi connectivity index (χ1v) is 5.72. The summed E-state index contributed by atoms with van der Waals surface area (Å²) in [7, 11) is 0. The molecule has 4 nitrogen and oxygen atoms in total. The van der Waals surface area contributed by atoms with Gasteiger partial charge in [-0.25, -0.2) is 4.79 Å². The number of amides is 2. The first-order chi connectivity index (χ1) is 6.97. The molecule has 2 amide bonds. The molecule has 0 aliphatic carbocycles. The van der Waals surface area contributed by atoms with E-state index in [4.69, 9.17) is 0 Å². The summed E-state index contributed by atoms with van der Waals surface area (Å²) in [5.74, 6) is 0. The number of urea groups is 1. The molecule has 0 bridgehead atoms. The standard InChI is InChI=1S/C11H23N3O/c1-11(2,3)8-13-10(15)14-9-5-4-6-12-7-9/h9,12H,4-8H2,1-3H3,(H2,13,14,15). The minimum absolute atomic E-state index is 0.0429. The van der Waals surface area contributed by atoms with Gasteiger partial charge < -0.3 is 16.0 Å². The van der Waals surface area contributed by atoms with Crippen LogP contribution in [0, 0.1) is 5.41 Å². The van der Waals surface area contributed by atoms with Crippen LogP contribution in [0.2, 0.25) is 0 Å². The average molecular weight is 213 g/mol. The first kappa shape index (κ1) is 12.3. The number of carbonyl (C=O) groups is 1. The fourth-order valence-electron chi connectivity index (χ4n) is 1.56. The van der Waals surface area contributed by atoms with Gasteiger partial charge in [-0.15, -0.1) is 0 Å². The number of hydrogen-bond donors (Lipinski definition) is 3. The Morgan fingerprint density at radius 3 is 2.73 bits per heavy atom. The van der Waals surface area contributed by atoms with Gasteiger partial charge in [-0.1, -0.05) is 20.8 Å². The number of hydrogen-bond acceptors (Lipinski definition) is 2. The highest BCUT2D eigenvalue weighted by Crippen LogP contribution is 2.10. The second kappa shape index (κ2) is 5.35. The van der Waals surface area contributed by atoms with Gasteiger partial charge in [0.05, 0.1) is 0 Å². The SMILES string of the molecule is CC(C)(C)CNC(=O)NC1CCCNC1. The number of rotatable bonds is 2. The summed E-state index contributed by atoms with van der Waals surface area (Å²) < 4.78 is 0. The quantitative estimate of drug-likeness (QED) is 0.643. The van der Waals surface area contributed by atoms with Gasteiger partial charge in [-0.2, -0.15) is 0 Å². The second-order valence-corrected chi connectivity index (χ2v) is 5.43. The van der Waals surface area contributed by atoms with Crippen LogP contribution in [-0.4, -0.2) is 31.7 Å². The summed E-state index contributed by atoms with van der Waals surface area (Å²) in [5.41, 5.74) is 0.141. The zero-order chi connectivity index (χ0) is 11.3. The lowest BCUT2D eigenvalue weighted by molar-refractivity contribution is 0.228. The predicted molar refractivity (Wildman–Crippen MR) is 61.9 cm³/mol. The number of nitrogens with one attached hydrogen (secondary N) is 3. The van der Waals surface area contributed by atoms with Crippen LogP contribution in [0.5, 0.6) is 0 Å². The van der Waals surface area contributed by atoms with Crippen molar-refractivity contribution in [3.8, 4) is 0 Å². The third-order valence-electron chi connectivity index (χ3n) is 2.41. The zero-order valence-corrected chi connectivity index (χ0v) is 10.0. The summed E-state index contributed by atoms with van der Waals surface area (Å²) in [5, 5.41) is 9.14. The fourth-order valence-corrected chi connectivity index (χ4v) is 1.56. The predicted octanol–water partition coefficient (Wildman–Crippen LogP) is 1.08. The van der Waals surface area contributed by atoms with Crippen LogP contribution in [-0.2, 0) is 0 Å². The summed E-state index contributed by atoms with van der Waals surface area (Å²) >= 11 is 0. The molecule has 0 aromatic heterocycles. The highest BCUT2D eigenvalue weighted by atomic mass is 16.2. The molecule has 0 saturated carbocycles. The highest BCUT2D eigenvalue weighted by Gasteiger charge is 2.16. The molecule has 1 unspecified atom stereocenters.